The van der Waals surface area contributed by atoms with Crippen molar-refractivity contribution in [2.75, 3.05) is 36.9 Å². The standard InChI is InChI=1S/C17H21BN6.C3H8O/c1-3-6-13(10-19-2)11-20-15-9-16(23-7-4-5-8-23)22-17-14(18)12-21-24(15)17;1-3(2)4/h3,6,9-10,12,20H,1,4-5,7-8,11H2,2H3;3-4H,1-2H3/b13-6+,19-10?;. The number of aliphatic hydroxyl groups excluding tert-OH is 1. The molecule has 2 aromatic heterocycles. The Morgan fingerprint density at radius 1 is 1.43 bits per heavy atom. The van der Waals surface area contributed by atoms with Gasteiger partial charge in [0.05, 0.1) is 0 Å². The molecule has 2 radical (unpaired) electrons. The molecule has 148 valence electrons. The van der Waals surface area contributed by atoms with Crippen molar-refractivity contribution in [2.24, 2.45) is 4.99 Å². The number of aliphatic hydroxyl groups is 1. The van der Waals surface area contributed by atoms with E-state index in [0.717, 1.165) is 30.3 Å². The largest absolute Gasteiger partial charge is 0.394 e. The molecule has 1 aliphatic rings. The maximum atomic E-state index is 8.06. The van der Waals surface area contributed by atoms with Crippen molar-refractivity contribution >= 4 is 36.8 Å². The molecule has 0 atom stereocenters. The van der Waals surface area contributed by atoms with Gasteiger partial charge in [0.1, 0.15) is 19.5 Å². The normalized spacial score (nSPS) is 14.6. The molecule has 3 rings (SSSR count). The Morgan fingerprint density at radius 2 is 2.11 bits per heavy atom. The molecular weight excluding hydrogens is 351 g/mol. The summed E-state index contributed by atoms with van der Waals surface area (Å²) >= 11 is 0. The molecule has 0 unspecified atom stereocenters. The number of aliphatic imine (C=N–C) groups is 1. The predicted molar refractivity (Wildman–Crippen MR) is 118 cm³/mol. The second-order valence-corrected chi connectivity index (χ2v) is 6.84. The third kappa shape index (κ3) is 5.95. The molecule has 1 aliphatic heterocycles. The molecule has 2 N–H and O–H groups in total. The van der Waals surface area contributed by atoms with Gasteiger partial charge in [0, 0.05) is 51.3 Å². The molecule has 8 heteroatoms. The van der Waals surface area contributed by atoms with Crippen LogP contribution in [0.5, 0.6) is 0 Å². The molecule has 1 saturated heterocycles. The number of hydrogen-bond acceptors (Lipinski definition) is 6. The first kappa shape index (κ1) is 21.7. The van der Waals surface area contributed by atoms with Gasteiger partial charge < -0.3 is 15.3 Å². The fourth-order valence-electron chi connectivity index (χ4n) is 2.86. The van der Waals surface area contributed by atoms with E-state index in [-0.39, 0.29) is 6.10 Å². The molecule has 0 bridgehead atoms. The summed E-state index contributed by atoms with van der Waals surface area (Å²) in [6.07, 6.45) is 9.36. The molecule has 7 nitrogen and oxygen atoms in total. The quantitative estimate of drug-likeness (QED) is 0.454. The van der Waals surface area contributed by atoms with E-state index >= 15 is 0 Å². The van der Waals surface area contributed by atoms with E-state index in [4.69, 9.17) is 13.0 Å². The molecule has 2 aromatic rings. The van der Waals surface area contributed by atoms with Crippen LogP contribution in [0, 0.1) is 0 Å². The Labute approximate surface area is 168 Å². The van der Waals surface area contributed by atoms with Gasteiger partial charge in [-0.1, -0.05) is 18.7 Å². The van der Waals surface area contributed by atoms with E-state index in [1.54, 1.807) is 37.7 Å². The zero-order valence-corrected chi connectivity index (χ0v) is 17.0. The summed E-state index contributed by atoms with van der Waals surface area (Å²) in [5.41, 5.74) is 2.29. The van der Waals surface area contributed by atoms with Crippen molar-refractivity contribution in [1.29, 1.82) is 0 Å². The van der Waals surface area contributed by atoms with Crippen molar-refractivity contribution in [3.8, 4) is 0 Å². The summed E-state index contributed by atoms with van der Waals surface area (Å²) in [5, 5.41) is 15.8. The molecule has 1 fully saturated rings. The number of allylic oxidation sites excluding steroid dienone is 2. The van der Waals surface area contributed by atoms with Crippen LogP contribution in [-0.4, -0.2) is 66.6 Å². The average Bonchev–Trinajstić information content (AvgIpc) is 3.30. The van der Waals surface area contributed by atoms with E-state index in [0.29, 0.717) is 17.7 Å². The highest BCUT2D eigenvalue weighted by atomic mass is 16.3. The number of rotatable bonds is 6. The Morgan fingerprint density at radius 3 is 2.71 bits per heavy atom. The highest BCUT2D eigenvalue weighted by molar-refractivity contribution is 6.36. The highest BCUT2D eigenvalue weighted by Crippen LogP contribution is 2.22. The topological polar surface area (TPSA) is 78.0 Å². The predicted octanol–water partition coefficient (Wildman–Crippen LogP) is 1.74. The lowest BCUT2D eigenvalue weighted by Gasteiger charge is -2.18. The van der Waals surface area contributed by atoms with E-state index in [1.165, 1.54) is 12.8 Å². The van der Waals surface area contributed by atoms with Crippen LogP contribution in [-0.2, 0) is 0 Å². The Hall–Kier alpha value is -2.61. The zero-order valence-electron chi connectivity index (χ0n) is 17.0. The molecule has 0 spiro atoms. The maximum absolute atomic E-state index is 8.06. The second kappa shape index (κ2) is 10.7. The van der Waals surface area contributed by atoms with Gasteiger partial charge in [0.25, 0.3) is 0 Å². The van der Waals surface area contributed by atoms with Crippen LogP contribution in [0.3, 0.4) is 0 Å². The van der Waals surface area contributed by atoms with Gasteiger partial charge in [-0.05, 0) is 37.7 Å². The minimum absolute atomic E-state index is 0.167. The van der Waals surface area contributed by atoms with Crippen molar-refractivity contribution in [1.82, 2.24) is 14.6 Å². The summed E-state index contributed by atoms with van der Waals surface area (Å²) < 4.78 is 1.74. The number of hydrogen-bond donors (Lipinski definition) is 2. The molecule has 0 aliphatic carbocycles. The van der Waals surface area contributed by atoms with Crippen LogP contribution in [0.4, 0.5) is 11.6 Å². The number of fused-ring (bicyclic) bond motifs is 1. The van der Waals surface area contributed by atoms with Gasteiger partial charge in [0.15, 0.2) is 5.65 Å². The average molecular weight is 380 g/mol. The monoisotopic (exact) mass is 380 g/mol. The number of nitrogens with one attached hydrogen (secondary N) is 1. The number of aromatic nitrogens is 3. The van der Waals surface area contributed by atoms with Gasteiger partial charge in [-0.2, -0.15) is 9.61 Å². The number of anilines is 2. The first-order valence-corrected chi connectivity index (χ1v) is 9.51. The summed E-state index contributed by atoms with van der Waals surface area (Å²) in [4.78, 5) is 11.0. The highest BCUT2D eigenvalue weighted by Gasteiger charge is 2.17. The minimum atomic E-state index is -0.167. The zero-order chi connectivity index (χ0) is 20.5. The van der Waals surface area contributed by atoms with Crippen LogP contribution in [0.15, 0.2) is 41.6 Å². The van der Waals surface area contributed by atoms with E-state index < -0.39 is 0 Å². The van der Waals surface area contributed by atoms with Crippen LogP contribution >= 0.6 is 0 Å². The lowest BCUT2D eigenvalue weighted by atomic mass is 10.0. The van der Waals surface area contributed by atoms with Crippen LogP contribution in [0.2, 0.25) is 0 Å². The van der Waals surface area contributed by atoms with Crippen LogP contribution < -0.4 is 15.7 Å². The van der Waals surface area contributed by atoms with Gasteiger partial charge in [-0.15, -0.1) is 0 Å². The van der Waals surface area contributed by atoms with Gasteiger partial charge in [-0.3, -0.25) is 4.99 Å². The Bertz CT molecular complexity index is 834. The summed E-state index contributed by atoms with van der Waals surface area (Å²) in [5.74, 6) is 1.80. The molecule has 0 amide bonds. The molecular formula is C20H29BN6O. The first-order valence-electron chi connectivity index (χ1n) is 9.51. The molecule has 3 heterocycles. The Balaban J connectivity index is 0.000000640. The van der Waals surface area contributed by atoms with Crippen molar-refractivity contribution in [3.63, 3.8) is 0 Å². The van der Waals surface area contributed by atoms with Crippen molar-refractivity contribution < 1.29 is 5.11 Å². The lowest BCUT2D eigenvalue weighted by molar-refractivity contribution is 0.216. The van der Waals surface area contributed by atoms with E-state index in [1.807, 2.05) is 18.4 Å². The molecule has 0 aromatic carbocycles. The third-order valence-electron chi connectivity index (χ3n) is 4.02. The minimum Gasteiger partial charge on any atom is -0.394 e. The van der Waals surface area contributed by atoms with E-state index in [2.05, 4.69) is 31.9 Å². The van der Waals surface area contributed by atoms with Gasteiger partial charge in [0.2, 0.25) is 0 Å². The Kier molecular flexibility index (Phi) is 8.26. The van der Waals surface area contributed by atoms with Crippen LogP contribution in [0.1, 0.15) is 26.7 Å². The third-order valence-corrected chi connectivity index (χ3v) is 4.02. The summed E-state index contributed by atoms with van der Waals surface area (Å²) in [7, 11) is 7.78. The lowest BCUT2D eigenvalue weighted by Crippen LogP contribution is -2.21. The molecule has 0 saturated carbocycles. The SMILES string of the molecule is CC(C)O.[B]c1cnn2c(NC/C(C=NC)=C/C=C)cc(N3CCCC3)nc12. The fourth-order valence-corrected chi connectivity index (χ4v) is 2.86. The van der Waals surface area contributed by atoms with Gasteiger partial charge >= 0.3 is 0 Å². The maximum Gasteiger partial charge on any atom is 0.152 e. The fraction of sp³-hybridized carbons (Fsp3) is 0.450. The van der Waals surface area contributed by atoms with Crippen molar-refractivity contribution in [3.05, 3.63) is 36.6 Å². The van der Waals surface area contributed by atoms with Crippen LogP contribution in [0.25, 0.3) is 5.65 Å². The number of nitrogens with zero attached hydrogens (tertiary/aromatic N) is 5. The summed E-state index contributed by atoms with van der Waals surface area (Å²) in [6, 6.07) is 2.03. The van der Waals surface area contributed by atoms with Crippen molar-refractivity contribution in [2.45, 2.75) is 32.8 Å². The van der Waals surface area contributed by atoms with E-state index in [9.17, 15) is 0 Å². The van der Waals surface area contributed by atoms with Gasteiger partial charge in [-0.25, -0.2) is 4.98 Å². The molecule has 28 heavy (non-hydrogen) atoms. The summed E-state index contributed by atoms with van der Waals surface area (Å²) in [6.45, 7) is 9.86. The smallest absolute Gasteiger partial charge is 0.152 e. The second-order valence-electron chi connectivity index (χ2n) is 6.84. The first-order chi connectivity index (χ1) is 13.5.